The van der Waals surface area contributed by atoms with Crippen LogP contribution in [0.25, 0.3) is 10.1 Å². The summed E-state index contributed by atoms with van der Waals surface area (Å²) in [6, 6.07) is 10.4. The molecular weight excluding hydrogens is 518 g/mol. The van der Waals surface area contributed by atoms with Gasteiger partial charge in [-0.3, -0.25) is 9.59 Å². The number of hydrogen-bond acceptors (Lipinski definition) is 5. The average Bonchev–Trinajstić information content (AvgIpc) is 3.60. The van der Waals surface area contributed by atoms with Gasteiger partial charge in [0.2, 0.25) is 11.8 Å². The second-order valence-electron chi connectivity index (χ2n) is 11.8. The number of thiophene rings is 1. The molecule has 5 rings (SSSR count). The number of alkyl halides is 2. The molecule has 2 aliphatic rings. The Labute approximate surface area is 232 Å². The summed E-state index contributed by atoms with van der Waals surface area (Å²) in [6.45, 7) is 5.91. The smallest absolute Gasteiger partial charge is 0.248 e. The summed E-state index contributed by atoms with van der Waals surface area (Å²) in [5.74, 6) is -2.98. The highest BCUT2D eigenvalue weighted by Crippen LogP contribution is 2.54. The number of aliphatic hydroxyl groups is 1. The van der Waals surface area contributed by atoms with Crippen LogP contribution in [0.4, 0.5) is 8.78 Å². The average molecular weight is 555 g/mol. The highest BCUT2D eigenvalue weighted by molar-refractivity contribution is 7.17. The van der Waals surface area contributed by atoms with Crippen LogP contribution in [0.3, 0.4) is 0 Å². The van der Waals surface area contributed by atoms with Crippen molar-refractivity contribution in [2.45, 2.75) is 70.9 Å². The number of nitrogens with two attached hydrogens (primary N) is 1. The first-order valence-corrected chi connectivity index (χ1v) is 14.4. The zero-order valence-electron chi connectivity index (χ0n) is 22.7. The molecule has 208 valence electrons. The van der Waals surface area contributed by atoms with Crippen molar-refractivity contribution in [1.82, 2.24) is 4.90 Å². The lowest BCUT2D eigenvalue weighted by Crippen LogP contribution is -2.39. The molecule has 8 heteroatoms. The number of likely N-dealkylation sites (tertiary alicyclic amines) is 1. The van der Waals surface area contributed by atoms with Gasteiger partial charge in [-0.1, -0.05) is 37.3 Å². The van der Waals surface area contributed by atoms with Gasteiger partial charge in [0.1, 0.15) is 0 Å². The fourth-order valence-corrected chi connectivity index (χ4v) is 7.60. The number of carbonyl (C=O) groups excluding carboxylic acids is 2. The molecular formula is C31H36F2N2O3S. The molecule has 39 heavy (non-hydrogen) atoms. The maximum absolute atomic E-state index is 14.0. The molecule has 1 saturated heterocycles. The van der Waals surface area contributed by atoms with Gasteiger partial charge in [-0.25, -0.2) is 8.78 Å². The number of ketones is 1. The van der Waals surface area contributed by atoms with Crippen molar-refractivity contribution in [3.8, 4) is 0 Å². The van der Waals surface area contributed by atoms with Crippen LogP contribution in [0.15, 0.2) is 41.8 Å². The van der Waals surface area contributed by atoms with Gasteiger partial charge in [0.15, 0.2) is 5.78 Å². The molecule has 3 N–H and O–H groups in total. The summed E-state index contributed by atoms with van der Waals surface area (Å²) in [4.78, 5) is 28.5. The molecule has 1 aliphatic carbocycles. The number of nitrogens with zero attached hydrogens (tertiary/aromatic N) is 1. The standard InChI is InChI=1S/C31H36F2N2O3S/c1-18-11-24(28(34)29(38)25-16-39-26-7-5-4-6-23(25)26)19(2)10-20(18)12-27(37)35-14-21(13-22(35)15-36)30(3)8-9-31(32,33)17-30/h4-7,10-11,16,21-22,28,36H,8-9,12-15,17,34H2,1-3H3/t21?,22-,28?,30?/m0/s1. The predicted molar refractivity (Wildman–Crippen MR) is 150 cm³/mol. The SMILES string of the molecule is Cc1cc(C(N)C(=O)c2csc3ccccc23)c(C)cc1CC(=O)N1CC(C2(C)CCC(F)(F)C2)C[C@H]1CO. The van der Waals surface area contributed by atoms with Crippen molar-refractivity contribution in [3.05, 3.63) is 69.6 Å². The molecule has 2 aromatic carbocycles. The fourth-order valence-electron chi connectivity index (χ4n) is 6.65. The number of hydrogen-bond donors (Lipinski definition) is 2. The van der Waals surface area contributed by atoms with E-state index in [1.165, 1.54) is 11.3 Å². The van der Waals surface area contributed by atoms with E-state index in [2.05, 4.69) is 0 Å². The van der Waals surface area contributed by atoms with Crippen molar-refractivity contribution >= 4 is 33.1 Å². The maximum atomic E-state index is 14.0. The minimum Gasteiger partial charge on any atom is -0.394 e. The van der Waals surface area contributed by atoms with Crippen molar-refractivity contribution in [2.24, 2.45) is 17.1 Å². The Hall–Kier alpha value is -2.68. The molecule has 0 radical (unpaired) electrons. The number of fused-ring (bicyclic) bond motifs is 1. The summed E-state index contributed by atoms with van der Waals surface area (Å²) in [5, 5.41) is 12.8. The van der Waals surface area contributed by atoms with E-state index >= 15 is 0 Å². The molecule has 0 bridgehead atoms. The van der Waals surface area contributed by atoms with Gasteiger partial charge >= 0.3 is 0 Å². The fraction of sp³-hybridized carbons (Fsp3) is 0.484. The number of Topliss-reactive ketones (excluding diaryl/α,β-unsaturated/α-hetero) is 1. The van der Waals surface area contributed by atoms with Crippen LogP contribution in [0.2, 0.25) is 0 Å². The summed E-state index contributed by atoms with van der Waals surface area (Å²) in [7, 11) is 0. The third kappa shape index (κ3) is 5.26. The first kappa shape index (κ1) is 27.9. The van der Waals surface area contributed by atoms with Gasteiger partial charge in [0.25, 0.3) is 0 Å². The highest BCUT2D eigenvalue weighted by atomic mass is 32.1. The van der Waals surface area contributed by atoms with Crippen LogP contribution >= 0.6 is 11.3 Å². The zero-order valence-corrected chi connectivity index (χ0v) is 23.5. The van der Waals surface area contributed by atoms with Crippen LogP contribution in [0, 0.1) is 25.2 Å². The van der Waals surface area contributed by atoms with Gasteiger partial charge in [0, 0.05) is 40.4 Å². The van der Waals surface area contributed by atoms with Gasteiger partial charge in [-0.05, 0) is 66.3 Å². The number of halogens is 2. The first-order chi connectivity index (χ1) is 18.4. The molecule has 2 fully saturated rings. The number of rotatable bonds is 7. The van der Waals surface area contributed by atoms with E-state index in [0.717, 1.165) is 32.3 Å². The Morgan fingerprint density at radius 2 is 1.92 bits per heavy atom. The molecule has 1 aromatic heterocycles. The second-order valence-corrected chi connectivity index (χ2v) is 12.7. The van der Waals surface area contributed by atoms with Crippen LogP contribution in [-0.4, -0.2) is 46.8 Å². The normalized spacial score (nSPS) is 25.4. The van der Waals surface area contributed by atoms with E-state index in [0.29, 0.717) is 24.9 Å². The topological polar surface area (TPSA) is 83.6 Å². The summed E-state index contributed by atoms with van der Waals surface area (Å²) >= 11 is 1.52. The van der Waals surface area contributed by atoms with E-state index in [-0.39, 0.29) is 49.5 Å². The van der Waals surface area contributed by atoms with E-state index in [4.69, 9.17) is 5.73 Å². The molecule has 1 saturated carbocycles. The summed E-state index contributed by atoms with van der Waals surface area (Å²) in [6.07, 6.45) is 0.840. The Bertz CT molecular complexity index is 1420. The van der Waals surface area contributed by atoms with Crippen LogP contribution in [0.5, 0.6) is 0 Å². The van der Waals surface area contributed by atoms with Gasteiger partial charge in [-0.2, -0.15) is 0 Å². The number of aliphatic hydroxyl groups excluding tert-OH is 1. The predicted octanol–water partition coefficient (Wildman–Crippen LogP) is 5.98. The summed E-state index contributed by atoms with van der Waals surface area (Å²) in [5.41, 5.74) is 9.83. The minimum absolute atomic E-state index is 0.0608. The molecule has 3 aromatic rings. The lowest BCUT2D eigenvalue weighted by Gasteiger charge is -2.31. The van der Waals surface area contributed by atoms with Crippen molar-refractivity contribution in [3.63, 3.8) is 0 Å². The second kappa shape index (κ2) is 10.4. The Kier molecular flexibility index (Phi) is 7.42. The molecule has 4 atom stereocenters. The number of benzene rings is 2. The Morgan fingerprint density at radius 1 is 1.18 bits per heavy atom. The highest BCUT2D eigenvalue weighted by Gasteiger charge is 2.53. The lowest BCUT2D eigenvalue weighted by molar-refractivity contribution is -0.132. The molecule has 2 heterocycles. The molecule has 1 aliphatic heterocycles. The van der Waals surface area contributed by atoms with Gasteiger partial charge in [0.05, 0.1) is 25.1 Å². The van der Waals surface area contributed by atoms with E-state index < -0.39 is 17.4 Å². The monoisotopic (exact) mass is 554 g/mol. The maximum Gasteiger partial charge on any atom is 0.248 e. The largest absolute Gasteiger partial charge is 0.394 e. The lowest BCUT2D eigenvalue weighted by atomic mass is 9.74. The van der Waals surface area contributed by atoms with Crippen LogP contribution in [0.1, 0.15) is 71.3 Å². The number of aryl methyl sites for hydroxylation is 2. The number of amides is 1. The van der Waals surface area contributed by atoms with Crippen molar-refractivity contribution < 1.29 is 23.5 Å². The van der Waals surface area contributed by atoms with E-state index in [1.807, 2.05) is 62.5 Å². The van der Waals surface area contributed by atoms with Crippen LogP contribution < -0.4 is 5.73 Å². The molecule has 0 spiro atoms. The third-order valence-corrected chi connectivity index (χ3v) is 10.0. The van der Waals surface area contributed by atoms with E-state index in [1.54, 1.807) is 4.90 Å². The first-order valence-electron chi connectivity index (χ1n) is 13.6. The Balaban J connectivity index is 1.32. The summed E-state index contributed by atoms with van der Waals surface area (Å²) < 4.78 is 29.1. The molecule has 5 nitrogen and oxygen atoms in total. The molecule has 1 amide bonds. The third-order valence-electron chi connectivity index (χ3n) is 9.09. The zero-order chi connectivity index (χ0) is 28.1. The molecule has 3 unspecified atom stereocenters. The van der Waals surface area contributed by atoms with Crippen molar-refractivity contribution in [2.75, 3.05) is 13.2 Å². The quantitative estimate of drug-likeness (QED) is 0.352. The minimum atomic E-state index is -2.66. The van der Waals surface area contributed by atoms with Crippen LogP contribution in [-0.2, 0) is 11.2 Å². The van der Waals surface area contributed by atoms with E-state index in [9.17, 15) is 23.5 Å². The van der Waals surface area contributed by atoms with Crippen molar-refractivity contribution in [1.29, 1.82) is 0 Å². The number of carbonyl (C=O) groups is 2. The van der Waals surface area contributed by atoms with Gasteiger partial charge in [-0.15, -0.1) is 11.3 Å². The van der Waals surface area contributed by atoms with Gasteiger partial charge < -0.3 is 15.7 Å². The Morgan fingerprint density at radius 3 is 2.62 bits per heavy atom.